The Morgan fingerprint density at radius 1 is 1.04 bits per heavy atom. The summed E-state index contributed by atoms with van der Waals surface area (Å²) >= 11 is 1.48. The van der Waals surface area contributed by atoms with Crippen LogP contribution in [0.2, 0.25) is 0 Å². The highest BCUT2D eigenvalue weighted by Crippen LogP contribution is 2.22. The van der Waals surface area contributed by atoms with Gasteiger partial charge < -0.3 is 14.9 Å². The fraction of sp³-hybridized carbons (Fsp3) is 0.611. The average molecular weight is 352 g/mol. The standard InChI is InChI=1S/C12H15BO2S.C6H14O2/c1-12(2,3)15-11(14)9-6-5-8(13)7-10(9)16-4;1-5(2,7)6(3,4)8/h5-7H,1-4H3;7-8H,1-4H3. The van der Waals surface area contributed by atoms with Crippen molar-refractivity contribution in [3.63, 3.8) is 0 Å². The molecule has 0 saturated heterocycles. The lowest BCUT2D eigenvalue weighted by Gasteiger charge is -2.31. The summed E-state index contributed by atoms with van der Waals surface area (Å²) < 4.78 is 5.31. The van der Waals surface area contributed by atoms with Crippen LogP contribution >= 0.6 is 11.8 Å². The molecule has 0 aliphatic rings. The molecular weight excluding hydrogens is 323 g/mol. The predicted molar refractivity (Wildman–Crippen MR) is 101 cm³/mol. The lowest BCUT2D eigenvalue weighted by molar-refractivity contribution is -0.107. The molecule has 1 aromatic rings. The second kappa shape index (κ2) is 8.41. The van der Waals surface area contributed by atoms with E-state index in [1.807, 2.05) is 27.0 Å². The molecule has 134 valence electrons. The van der Waals surface area contributed by atoms with Gasteiger partial charge in [-0.1, -0.05) is 17.6 Å². The second-order valence-electron chi connectivity index (χ2n) is 7.58. The molecule has 0 atom stereocenters. The summed E-state index contributed by atoms with van der Waals surface area (Å²) in [5.74, 6) is -0.308. The molecule has 4 nitrogen and oxygen atoms in total. The van der Waals surface area contributed by atoms with Crippen LogP contribution in [0.1, 0.15) is 58.8 Å². The zero-order valence-corrected chi connectivity index (χ0v) is 16.7. The van der Waals surface area contributed by atoms with Crippen LogP contribution < -0.4 is 5.46 Å². The first kappa shape index (κ1) is 23.0. The van der Waals surface area contributed by atoms with E-state index >= 15 is 0 Å². The molecule has 0 aliphatic carbocycles. The molecule has 6 heteroatoms. The topological polar surface area (TPSA) is 66.8 Å². The summed E-state index contributed by atoms with van der Waals surface area (Å²) in [5.41, 5.74) is -1.28. The van der Waals surface area contributed by atoms with E-state index in [-0.39, 0.29) is 5.97 Å². The lowest BCUT2D eigenvalue weighted by Crippen LogP contribution is -2.44. The third-order valence-electron chi connectivity index (χ3n) is 3.34. The van der Waals surface area contributed by atoms with E-state index in [0.717, 1.165) is 4.90 Å². The van der Waals surface area contributed by atoms with Crippen molar-refractivity contribution in [2.45, 2.75) is 70.2 Å². The molecule has 2 radical (unpaired) electrons. The zero-order valence-electron chi connectivity index (χ0n) is 15.9. The van der Waals surface area contributed by atoms with E-state index in [2.05, 4.69) is 0 Å². The highest BCUT2D eigenvalue weighted by Gasteiger charge is 2.31. The Hall–Kier alpha value is -0.975. The van der Waals surface area contributed by atoms with Gasteiger partial charge in [-0.05, 0) is 60.8 Å². The van der Waals surface area contributed by atoms with Crippen molar-refractivity contribution < 1.29 is 19.7 Å². The molecule has 0 unspecified atom stereocenters. The third-order valence-corrected chi connectivity index (χ3v) is 4.12. The number of hydrogen-bond acceptors (Lipinski definition) is 5. The van der Waals surface area contributed by atoms with E-state index in [9.17, 15) is 4.79 Å². The summed E-state index contributed by atoms with van der Waals surface area (Å²) in [4.78, 5) is 12.7. The molecule has 0 heterocycles. The maximum atomic E-state index is 11.9. The van der Waals surface area contributed by atoms with Crippen molar-refractivity contribution in [1.29, 1.82) is 0 Å². The quantitative estimate of drug-likeness (QED) is 0.497. The number of thioether (sulfide) groups is 1. The molecule has 0 fully saturated rings. The van der Waals surface area contributed by atoms with E-state index in [1.165, 1.54) is 11.8 Å². The third kappa shape index (κ3) is 8.22. The minimum Gasteiger partial charge on any atom is -0.456 e. The molecule has 0 spiro atoms. The lowest BCUT2D eigenvalue weighted by atomic mass is 9.90. The van der Waals surface area contributed by atoms with Crippen LogP contribution in [-0.2, 0) is 4.74 Å². The Morgan fingerprint density at radius 2 is 1.50 bits per heavy atom. The smallest absolute Gasteiger partial charge is 0.339 e. The molecule has 1 rings (SSSR count). The van der Waals surface area contributed by atoms with E-state index in [0.29, 0.717) is 11.0 Å². The Labute approximate surface area is 151 Å². The van der Waals surface area contributed by atoms with Crippen molar-refractivity contribution >= 4 is 31.0 Å². The minimum atomic E-state index is -1.01. The van der Waals surface area contributed by atoms with Crippen LogP contribution in [0.25, 0.3) is 0 Å². The second-order valence-corrected chi connectivity index (χ2v) is 8.43. The van der Waals surface area contributed by atoms with Gasteiger partial charge in [0, 0.05) is 4.90 Å². The van der Waals surface area contributed by atoms with Gasteiger partial charge in [0.15, 0.2) is 0 Å². The number of carbonyl (C=O) groups is 1. The number of hydrogen-bond donors (Lipinski definition) is 2. The van der Waals surface area contributed by atoms with Crippen molar-refractivity contribution in [2.75, 3.05) is 6.26 Å². The Bertz CT molecular complexity index is 540. The minimum absolute atomic E-state index is 0.308. The Morgan fingerprint density at radius 3 is 1.83 bits per heavy atom. The highest BCUT2D eigenvalue weighted by molar-refractivity contribution is 7.98. The van der Waals surface area contributed by atoms with Gasteiger partial charge >= 0.3 is 5.97 Å². The first-order valence-corrected chi connectivity index (χ1v) is 8.92. The van der Waals surface area contributed by atoms with Crippen LogP contribution in [0.15, 0.2) is 23.1 Å². The summed E-state index contributed by atoms with van der Waals surface area (Å²) in [6.45, 7) is 11.9. The number of benzene rings is 1. The molecule has 0 amide bonds. The number of rotatable bonds is 3. The first-order valence-electron chi connectivity index (χ1n) is 7.70. The summed E-state index contributed by atoms with van der Waals surface area (Å²) in [5, 5.41) is 18.2. The summed E-state index contributed by atoms with van der Waals surface area (Å²) in [7, 11) is 5.67. The maximum Gasteiger partial charge on any atom is 0.339 e. The van der Waals surface area contributed by atoms with Gasteiger partial charge in [-0.3, -0.25) is 0 Å². The summed E-state index contributed by atoms with van der Waals surface area (Å²) in [6, 6.07) is 5.19. The molecular formula is C18H29BO4S. The summed E-state index contributed by atoms with van der Waals surface area (Å²) in [6.07, 6.45) is 1.91. The van der Waals surface area contributed by atoms with Crippen LogP contribution in [0.4, 0.5) is 0 Å². The van der Waals surface area contributed by atoms with Crippen molar-refractivity contribution in [3.05, 3.63) is 23.8 Å². The molecule has 2 N–H and O–H groups in total. The number of carbonyl (C=O) groups excluding carboxylic acids is 1. The maximum absolute atomic E-state index is 11.9. The van der Waals surface area contributed by atoms with Gasteiger partial charge in [0.1, 0.15) is 13.4 Å². The Kier molecular flexibility index (Phi) is 8.07. The normalized spacial score (nSPS) is 12.2. The van der Waals surface area contributed by atoms with Crippen molar-refractivity contribution in [1.82, 2.24) is 0 Å². The number of esters is 1. The highest BCUT2D eigenvalue weighted by atomic mass is 32.2. The molecule has 0 aliphatic heterocycles. The van der Waals surface area contributed by atoms with Crippen molar-refractivity contribution in [2.24, 2.45) is 0 Å². The monoisotopic (exact) mass is 352 g/mol. The van der Waals surface area contributed by atoms with Gasteiger partial charge in [-0.25, -0.2) is 4.79 Å². The molecule has 24 heavy (non-hydrogen) atoms. The molecule has 0 saturated carbocycles. The van der Waals surface area contributed by atoms with Crippen LogP contribution in [0.3, 0.4) is 0 Å². The fourth-order valence-corrected chi connectivity index (χ4v) is 1.83. The molecule has 0 aromatic heterocycles. The van der Waals surface area contributed by atoms with E-state index in [1.54, 1.807) is 45.9 Å². The van der Waals surface area contributed by atoms with E-state index in [4.69, 9.17) is 22.8 Å². The number of aliphatic hydroxyl groups is 2. The SMILES string of the molecule is CC(C)(O)C(C)(C)O.[B]c1ccc(C(=O)OC(C)(C)C)c(SC)c1. The van der Waals surface area contributed by atoms with Gasteiger partial charge in [0.05, 0.1) is 16.8 Å². The van der Waals surface area contributed by atoms with Gasteiger partial charge in [0.25, 0.3) is 0 Å². The largest absolute Gasteiger partial charge is 0.456 e. The van der Waals surface area contributed by atoms with Crippen molar-refractivity contribution in [3.8, 4) is 0 Å². The van der Waals surface area contributed by atoms with Gasteiger partial charge in [-0.2, -0.15) is 0 Å². The molecule has 0 bridgehead atoms. The number of ether oxygens (including phenoxy) is 1. The van der Waals surface area contributed by atoms with Crippen LogP contribution in [0, 0.1) is 0 Å². The van der Waals surface area contributed by atoms with Crippen LogP contribution in [-0.4, -0.2) is 47.1 Å². The van der Waals surface area contributed by atoms with Gasteiger partial charge in [0.2, 0.25) is 0 Å². The Balaban J connectivity index is 0.000000561. The average Bonchev–Trinajstić information content (AvgIpc) is 2.34. The predicted octanol–water partition coefficient (Wildman–Crippen LogP) is 2.69. The zero-order chi connectivity index (χ0) is 19.3. The molecule has 1 aromatic carbocycles. The first-order chi connectivity index (χ1) is 10.6. The fourth-order valence-electron chi connectivity index (χ4n) is 1.21. The van der Waals surface area contributed by atoms with Gasteiger partial charge in [-0.15, -0.1) is 11.8 Å². The van der Waals surface area contributed by atoms with E-state index < -0.39 is 16.8 Å². The van der Waals surface area contributed by atoms with Crippen LogP contribution in [0.5, 0.6) is 0 Å².